The Morgan fingerprint density at radius 3 is 2.65 bits per heavy atom. The summed E-state index contributed by atoms with van der Waals surface area (Å²) in [6.45, 7) is 6.11. The predicted octanol–water partition coefficient (Wildman–Crippen LogP) is 1.73. The van der Waals surface area contributed by atoms with Gasteiger partial charge < -0.3 is 9.64 Å². The molecule has 2 rings (SSSR count). The summed E-state index contributed by atoms with van der Waals surface area (Å²) in [5.41, 5.74) is 1.11. The highest BCUT2D eigenvalue weighted by molar-refractivity contribution is 7.91. The maximum Gasteiger partial charge on any atom is 0.237 e. The first-order valence-electron chi connectivity index (χ1n) is 9.19. The zero-order valence-corrected chi connectivity index (χ0v) is 16.8. The average Bonchev–Trinajstić information content (AvgIpc) is 2.93. The van der Waals surface area contributed by atoms with Crippen LogP contribution in [-0.4, -0.2) is 75.0 Å². The SMILES string of the molecule is CCN(C(=O)CN(C)CCCOc1ccccc1C)C1CCS(=O)(=O)C1. The lowest BCUT2D eigenvalue weighted by molar-refractivity contribution is -0.133. The van der Waals surface area contributed by atoms with E-state index < -0.39 is 9.84 Å². The molecule has 146 valence electrons. The first-order valence-corrected chi connectivity index (χ1v) is 11.0. The van der Waals surface area contributed by atoms with Gasteiger partial charge in [-0.15, -0.1) is 0 Å². The van der Waals surface area contributed by atoms with E-state index >= 15 is 0 Å². The molecule has 6 nitrogen and oxygen atoms in total. The van der Waals surface area contributed by atoms with Crippen LogP contribution in [0.4, 0.5) is 0 Å². The van der Waals surface area contributed by atoms with Gasteiger partial charge in [-0.25, -0.2) is 8.42 Å². The van der Waals surface area contributed by atoms with E-state index in [-0.39, 0.29) is 23.5 Å². The molecule has 0 spiro atoms. The Labute approximate surface area is 157 Å². The molecule has 0 saturated carbocycles. The molecule has 0 radical (unpaired) electrons. The smallest absolute Gasteiger partial charge is 0.237 e. The van der Waals surface area contributed by atoms with E-state index in [1.54, 1.807) is 4.90 Å². The van der Waals surface area contributed by atoms with Gasteiger partial charge in [-0.2, -0.15) is 0 Å². The molecule has 26 heavy (non-hydrogen) atoms. The molecule has 0 aliphatic carbocycles. The fourth-order valence-corrected chi connectivity index (χ4v) is 5.03. The zero-order chi connectivity index (χ0) is 19.2. The molecular weight excluding hydrogens is 352 g/mol. The highest BCUT2D eigenvalue weighted by Gasteiger charge is 2.33. The Bertz CT molecular complexity index is 705. The minimum absolute atomic E-state index is 0.00285. The average molecular weight is 383 g/mol. The Kier molecular flexibility index (Phi) is 7.46. The van der Waals surface area contributed by atoms with Crippen molar-refractivity contribution >= 4 is 15.7 Å². The van der Waals surface area contributed by atoms with Gasteiger partial charge in [-0.05, 0) is 45.4 Å². The molecular formula is C19H30N2O4S. The van der Waals surface area contributed by atoms with Crippen molar-refractivity contribution in [3.63, 3.8) is 0 Å². The number of likely N-dealkylation sites (N-methyl/N-ethyl adjacent to an activating group) is 2. The molecule has 1 amide bonds. The minimum atomic E-state index is -2.98. The summed E-state index contributed by atoms with van der Waals surface area (Å²) in [6, 6.07) is 7.74. The standard InChI is InChI=1S/C19H30N2O4S/c1-4-21(17-10-13-26(23,24)15-17)19(22)14-20(3)11-7-12-25-18-9-6-5-8-16(18)2/h5-6,8-9,17H,4,7,10-15H2,1-3H3. The van der Waals surface area contributed by atoms with Crippen LogP contribution in [0.2, 0.25) is 0 Å². The molecule has 0 bridgehead atoms. The molecule has 1 aliphatic heterocycles. The van der Waals surface area contributed by atoms with Crippen LogP contribution in [0.25, 0.3) is 0 Å². The molecule has 1 unspecified atom stereocenters. The maximum atomic E-state index is 12.5. The summed E-state index contributed by atoms with van der Waals surface area (Å²) in [7, 11) is -1.08. The van der Waals surface area contributed by atoms with Crippen molar-refractivity contribution in [2.45, 2.75) is 32.7 Å². The fraction of sp³-hybridized carbons (Fsp3) is 0.632. The highest BCUT2D eigenvalue weighted by Crippen LogP contribution is 2.18. The van der Waals surface area contributed by atoms with Crippen molar-refractivity contribution in [3.8, 4) is 5.75 Å². The van der Waals surface area contributed by atoms with E-state index in [1.165, 1.54) is 0 Å². The van der Waals surface area contributed by atoms with E-state index in [0.29, 0.717) is 26.1 Å². The van der Waals surface area contributed by atoms with Crippen LogP contribution in [0.15, 0.2) is 24.3 Å². The van der Waals surface area contributed by atoms with Gasteiger partial charge in [0.25, 0.3) is 0 Å². The Morgan fingerprint density at radius 1 is 1.31 bits per heavy atom. The molecule has 1 fully saturated rings. The maximum absolute atomic E-state index is 12.5. The van der Waals surface area contributed by atoms with Crippen LogP contribution in [0.1, 0.15) is 25.3 Å². The first-order chi connectivity index (χ1) is 12.3. The second-order valence-corrected chi connectivity index (χ2v) is 9.17. The third kappa shape index (κ3) is 5.99. The molecule has 1 atom stereocenters. The van der Waals surface area contributed by atoms with Gasteiger partial charge in [0.1, 0.15) is 5.75 Å². The summed E-state index contributed by atoms with van der Waals surface area (Å²) >= 11 is 0. The molecule has 1 aliphatic rings. The van der Waals surface area contributed by atoms with Gasteiger partial charge in [0, 0.05) is 19.1 Å². The monoisotopic (exact) mass is 382 g/mol. The van der Waals surface area contributed by atoms with Crippen LogP contribution < -0.4 is 4.74 Å². The quantitative estimate of drug-likeness (QED) is 0.609. The molecule has 1 heterocycles. The second-order valence-electron chi connectivity index (χ2n) is 6.94. The number of carbonyl (C=O) groups excluding carboxylic acids is 1. The predicted molar refractivity (Wildman–Crippen MR) is 103 cm³/mol. The van der Waals surface area contributed by atoms with Crippen molar-refractivity contribution in [1.82, 2.24) is 9.80 Å². The number of para-hydroxylation sites is 1. The Hall–Kier alpha value is -1.60. The third-order valence-corrected chi connectivity index (χ3v) is 6.50. The molecule has 0 N–H and O–H groups in total. The van der Waals surface area contributed by atoms with Crippen molar-refractivity contribution in [2.75, 3.05) is 44.8 Å². The topological polar surface area (TPSA) is 66.9 Å². The zero-order valence-electron chi connectivity index (χ0n) is 16.0. The van der Waals surface area contributed by atoms with E-state index in [9.17, 15) is 13.2 Å². The van der Waals surface area contributed by atoms with Gasteiger partial charge in [-0.3, -0.25) is 9.69 Å². The minimum Gasteiger partial charge on any atom is -0.493 e. The number of nitrogens with zero attached hydrogens (tertiary/aromatic N) is 2. The lowest BCUT2D eigenvalue weighted by Gasteiger charge is -2.29. The number of amides is 1. The largest absolute Gasteiger partial charge is 0.493 e. The van der Waals surface area contributed by atoms with Crippen molar-refractivity contribution in [3.05, 3.63) is 29.8 Å². The van der Waals surface area contributed by atoms with E-state index in [1.807, 2.05) is 50.1 Å². The first kappa shape index (κ1) is 20.7. The molecule has 0 aromatic heterocycles. The van der Waals surface area contributed by atoms with Gasteiger partial charge in [0.15, 0.2) is 9.84 Å². The van der Waals surface area contributed by atoms with Crippen molar-refractivity contribution in [2.24, 2.45) is 0 Å². The second kappa shape index (κ2) is 9.37. The van der Waals surface area contributed by atoms with Gasteiger partial charge in [0.2, 0.25) is 5.91 Å². The number of rotatable bonds is 9. The van der Waals surface area contributed by atoms with E-state index in [0.717, 1.165) is 24.3 Å². The third-order valence-electron chi connectivity index (χ3n) is 4.75. The number of hydrogen-bond acceptors (Lipinski definition) is 5. The molecule has 1 aromatic carbocycles. The van der Waals surface area contributed by atoms with E-state index in [4.69, 9.17) is 4.74 Å². The summed E-state index contributed by atoms with van der Waals surface area (Å²) < 4.78 is 29.1. The van der Waals surface area contributed by atoms with Crippen LogP contribution in [0.5, 0.6) is 5.75 Å². The van der Waals surface area contributed by atoms with E-state index in [2.05, 4.69) is 0 Å². The Morgan fingerprint density at radius 2 is 2.04 bits per heavy atom. The number of carbonyl (C=O) groups is 1. The normalized spacial score (nSPS) is 18.8. The summed E-state index contributed by atoms with van der Waals surface area (Å²) in [4.78, 5) is 16.2. The summed E-state index contributed by atoms with van der Waals surface area (Å²) in [5, 5.41) is 0. The number of benzene rings is 1. The molecule has 7 heteroatoms. The van der Waals surface area contributed by atoms with Gasteiger partial charge in [-0.1, -0.05) is 18.2 Å². The fourth-order valence-electron chi connectivity index (χ4n) is 3.30. The number of hydrogen-bond donors (Lipinski definition) is 0. The molecule has 1 aromatic rings. The lowest BCUT2D eigenvalue weighted by Crippen LogP contribution is -2.45. The highest BCUT2D eigenvalue weighted by atomic mass is 32.2. The lowest BCUT2D eigenvalue weighted by atomic mass is 10.2. The van der Waals surface area contributed by atoms with Gasteiger partial charge in [0.05, 0.1) is 24.7 Å². The van der Waals surface area contributed by atoms with Gasteiger partial charge >= 0.3 is 0 Å². The van der Waals surface area contributed by atoms with Crippen LogP contribution in [-0.2, 0) is 14.6 Å². The number of ether oxygens (including phenoxy) is 1. The van der Waals surface area contributed by atoms with Crippen LogP contribution in [0.3, 0.4) is 0 Å². The Balaban J connectivity index is 1.73. The number of aryl methyl sites for hydroxylation is 1. The summed E-state index contributed by atoms with van der Waals surface area (Å²) in [5.74, 6) is 1.18. The molecule has 1 saturated heterocycles. The van der Waals surface area contributed by atoms with Crippen LogP contribution in [0, 0.1) is 6.92 Å². The van der Waals surface area contributed by atoms with Crippen molar-refractivity contribution < 1.29 is 17.9 Å². The summed E-state index contributed by atoms with van der Waals surface area (Å²) in [6.07, 6.45) is 1.37. The van der Waals surface area contributed by atoms with Crippen molar-refractivity contribution in [1.29, 1.82) is 0 Å². The number of sulfone groups is 1. The van der Waals surface area contributed by atoms with Crippen LogP contribution >= 0.6 is 0 Å².